The minimum Gasteiger partial charge on any atom is -0.396 e. The molecule has 1 aliphatic carbocycles. The number of aliphatic hydroxyl groups is 2. The molecule has 1 aromatic carbocycles. The molecule has 1 aliphatic rings. The van der Waals surface area contributed by atoms with Gasteiger partial charge in [-0.1, -0.05) is 57.5 Å². The Balaban J connectivity index is 2.08. The summed E-state index contributed by atoms with van der Waals surface area (Å²) in [4.78, 5) is 12.9. The van der Waals surface area contributed by atoms with Crippen molar-refractivity contribution in [3.05, 3.63) is 35.9 Å². The van der Waals surface area contributed by atoms with Gasteiger partial charge in [-0.05, 0) is 42.6 Å². The van der Waals surface area contributed by atoms with Crippen LogP contribution in [0.2, 0.25) is 0 Å². The Hall–Kier alpha value is -1.39. The normalized spacial score (nSPS) is 27.9. The molecule has 0 heterocycles. The molecule has 1 amide bonds. The molecule has 0 aliphatic heterocycles. The molecule has 0 saturated heterocycles. The maximum absolute atomic E-state index is 12.9. The highest BCUT2D eigenvalue weighted by atomic mass is 16.3. The van der Waals surface area contributed by atoms with Crippen molar-refractivity contribution >= 4 is 5.91 Å². The van der Waals surface area contributed by atoms with Crippen molar-refractivity contribution < 1.29 is 15.0 Å². The van der Waals surface area contributed by atoms with E-state index >= 15 is 0 Å². The molecule has 4 unspecified atom stereocenters. The Kier molecular flexibility index (Phi) is 7.03. The van der Waals surface area contributed by atoms with Crippen molar-refractivity contribution in [2.24, 2.45) is 17.8 Å². The quantitative estimate of drug-likeness (QED) is 0.710. The molecule has 4 nitrogen and oxygen atoms in total. The van der Waals surface area contributed by atoms with Crippen molar-refractivity contribution in [3.63, 3.8) is 0 Å². The highest BCUT2D eigenvalue weighted by Crippen LogP contribution is 2.41. The summed E-state index contributed by atoms with van der Waals surface area (Å²) in [6.07, 6.45) is 3.07. The number of amides is 1. The summed E-state index contributed by atoms with van der Waals surface area (Å²) in [5.74, 6) is 0.421. The van der Waals surface area contributed by atoms with Crippen molar-refractivity contribution in [2.45, 2.75) is 58.0 Å². The number of benzene rings is 1. The van der Waals surface area contributed by atoms with E-state index in [1.165, 1.54) is 0 Å². The monoisotopic (exact) mass is 347 g/mol. The Morgan fingerprint density at radius 3 is 2.56 bits per heavy atom. The molecule has 0 aromatic heterocycles. The first-order chi connectivity index (χ1) is 11.9. The molecule has 0 radical (unpaired) electrons. The van der Waals surface area contributed by atoms with Gasteiger partial charge in [-0.15, -0.1) is 0 Å². The van der Waals surface area contributed by atoms with Crippen LogP contribution in [0, 0.1) is 17.8 Å². The smallest absolute Gasteiger partial charge is 0.252 e. The van der Waals surface area contributed by atoms with E-state index in [0.29, 0.717) is 25.3 Å². The summed E-state index contributed by atoms with van der Waals surface area (Å²) in [5, 5.41) is 23.5. The lowest BCUT2D eigenvalue weighted by atomic mass is 9.66. The van der Waals surface area contributed by atoms with E-state index in [-0.39, 0.29) is 30.3 Å². The largest absolute Gasteiger partial charge is 0.396 e. The second kappa shape index (κ2) is 8.81. The van der Waals surface area contributed by atoms with Crippen LogP contribution in [0.4, 0.5) is 0 Å². The maximum Gasteiger partial charge on any atom is 0.252 e. The Morgan fingerprint density at radius 2 is 1.96 bits per heavy atom. The van der Waals surface area contributed by atoms with Gasteiger partial charge in [0, 0.05) is 19.1 Å². The summed E-state index contributed by atoms with van der Waals surface area (Å²) < 4.78 is 0. The molecule has 140 valence electrons. The Bertz CT molecular complexity index is 545. The third-order valence-electron chi connectivity index (χ3n) is 5.70. The van der Waals surface area contributed by atoms with E-state index < -0.39 is 5.60 Å². The van der Waals surface area contributed by atoms with E-state index in [1.54, 1.807) is 0 Å². The lowest BCUT2D eigenvalue weighted by Gasteiger charge is -2.43. The fraction of sp³-hybridized carbons (Fsp3) is 0.667. The van der Waals surface area contributed by atoms with Crippen molar-refractivity contribution in [2.75, 3.05) is 13.2 Å². The number of hydrogen-bond donors (Lipinski definition) is 3. The zero-order valence-electron chi connectivity index (χ0n) is 15.7. The molecule has 0 bridgehead atoms. The van der Waals surface area contributed by atoms with Gasteiger partial charge in [0.25, 0.3) is 5.91 Å². The van der Waals surface area contributed by atoms with Gasteiger partial charge in [-0.2, -0.15) is 0 Å². The van der Waals surface area contributed by atoms with Crippen LogP contribution < -0.4 is 5.32 Å². The lowest BCUT2D eigenvalue weighted by Crippen LogP contribution is -2.56. The molecule has 1 saturated carbocycles. The zero-order valence-corrected chi connectivity index (χ0v) is 15.7. The third kappa shape index (κ3) is 4.83. The lowest BCUT2D eigenvalue weighted by molar-refractivity contribution is -0.155. The molecular formula is C21H33NO3. The number of hydrogen-bond acceptors (Lipinski definition) is 3. The van der Waals surface area contributed by atoms with Crippen LogP contribution in [-0.2, 0) is 4.79 Å². The van der Waals surface area contributed by atoms with Gasteiger partial charge >= 0.3 is 0 Å². The maximum atomic E-state index is 12.9. The fourth-order valence-corrected chi connectivity index (χ4v) is 4.27. The first-order valence-corrected chi connectivity index (χ1v) is 9.55. The first kappa shape index (κ1) is 19.9. The van der Waals surface area contributed by atoms with Gasteiger partial charge < -0.3 is 15.5 Å². The third-order valence-corrected chi connectivity index (χ3v) is 5.70. The SMILES string of the molecule is CC1CCC(C(C)C)C(O)(C(=O)NCC(CCO)c2ccccc2)C1. The second-order valence-electron chi connectivity index (χ2n) is 7.99. The van der Waals surface area contributed by atoms with Crippen LogP contribution in [0.25, 0.3) is 0 Å². The average Bonchev–Trinajstić information content (AvgIpc) is 2.58. The molecule has 4 atom stereocenters. The second-order valence-corrected chi connectivity index (χ2v) is 7.99. The van der Waals surface area contributed by atoms with Crippen molar-refractivity contribution in [1.29, 1.82) is 0 Å². The average molecular weight is 347 g/mol. The van der Waals surface area contributed by atoms with E-state index in [9.17, 15) is 15.0 Å². The zero-order chi connectivity index (χ0) is 18.4. The van der Waals surface area contributed by atoms with E-state index in [0.717, 1.165) is 18.4 Å². The van der Waals surface area contributed by atoms with Gasteiger partial charge in [0.05, 0.1) is 0 Å². The predicted molar refractivity (Wildman–Crippen MR) is 100 cm³/mol. The molecule has 0 spiro atoms. The molecular weight excluding hydrogens is 314 g/mol. The first-order valence-electron chi connectivity index (χ1n) is 9.55. The number of rotatable bonds is 7. The summed E-state index contributed by atoms with van der Waals surface area (Å²) in [6.45, 7) is 6.78. The Morgan fingerprint density at radius 1 is 1.28 bits per heavy atom. The molecule has 25 heavy (non-hydrogen) atoms. The van der Waals surface area contributed by atoms with E-state index in [1.807, 2.05) is 30.3 Å². The molecule has 4 heteroatoms. The highest BCUT2D eigenvalue weighted by molar-refractivity contribution is 5.85. The molecule has 2 rings (SSSR count). The van der Waals surface area contributed by atoms with Crippen LogP contribution in [0.3, 0.4) is 0 Å². The van der Waals surface area contributed by atoms with E-state index in [4.69, 9.17) is 0 Å². The van der Waals surface area contributed by atoms with Crippen molar-refractivity contribution in [3.8, 4) is 0 Å². The van der Waals surface area contributed by atoms with Crippen LogP contribution >= 0.6 is 0 Å². The van der Waals surface area contributed by atoms with Crippen LogP contribution in [0.15, 0.2) is 30.3 Å². The topological polar surface area (TPSA) is 69.6 Å². The summed E-state index contributed by atoms with van der Waals surface area (Å²) >= 11 is 0. The summed E-state index contributed by atoms with van der Waals surface area (Å²) in [7, 11) is 0. The van der Waals surface area contributed by atoms with Crippen LogP contribution in [0.5, 0.6) is 0 Å². The standard InChI is InChI=1S/C21H33NO3/c1-15(2)19-10-9-16(3)13-21(19,25)20(24)22-14-18(11-12-23)17-7-5-4-6-8-17/h4-8,15-16,18-19,23,25H,9-14H2,1-3H3,(H,22,24). The van der Waals surface area contributed by atoms with E-state index in [2.05, 4.69) is 26.1 Å². The summed E-state index contributed by atoms with van der Waals surface area (Å²) in [5.41, 5.74) is -0.187. The minimum absolute atomic E-state index is 0.00304. The van der Waals surface area contributed by atoms with Gasteiger partial charge in [-0.25, -0.2) is 0 Å². The number of carbonyl (C=O) groups is 1. The fourth-order valence-electron chi connectivity index (χ4n) is 4.27. The van der Waals surface area contributed by atoms with Crippen LogP contribution in [-0.4, -0.2) is 34.9 Å². The number of carbonyl (C=O) groups excluding carboxylic acids is 1. The highest BCUT2D eigenvalue weighted by Gasteiger charge is 2.48. The van der Waals surface area contributed by atoms with Crippen LogP contribution in [0.1, 0.15) is 57.9 Å². The number of aliphatic hydroxyl groups excluding tert-OH is 1. The summed E-state index contributed by atoms with van der Waals surface area (Å²) in [6, 6.07) is 9.92. The van der Waals surface area contributed by atoms with Gasteiger partial charge in [-0.3, -0.25) is 4.79 Å². The van der Waals surface area contributed by atoms with Gasteiger partial charge in [0.1, 0.15) is 5.60 Å². The number of nitrogens with one attached hydrogen (secondary N) is 1. The molecule has 3 N–H and O–H groups in total. The molecule has 1 fully saturated rings. The van der Waals surface area contributed by atoms with Crippen molar-refractivity contribution in [1.82, 2.24) is 5.32 Å². The van der Waals surface area contributed by atoms with Gasteiger partial charge in [0.2, 0.25) is 0 Å². The predicted octanol–water partition coefficient (Wildman–Crippen LogP) is 3.09. The molecule has 1 aromatic rings. The minimum atomic E-state index is -1.29. The van der Waals surface area contributed by atoms with Gasteiger partial charge in [0.15, 0.2) is 0 Å². The Labute approximate surface area is 151 Å².